The minimum atomic E-state index is -0.771. The topological polar surface area (TPSA) is 107 Å². The number of hydrogen-bond donors (Lipinski definition) is 2. The largest absolute Gasteiger partial charge is 0.434 e. The van der Waals surface area contributed by atoms with Crippen molar-refractivity contribution in [2.75, 3.05) is 18.5 Å². The minimum Gasteiger partial charge on any atom is -0.434 e. The Kier molecular flexibility index (Phi) is 8.91. The van der Waals surface area contributed by atoms with Crippen molar-refractivity contribution in [3.63, 3.8) is 0 Å². The smallest absolute Gasteiger partial charge is 0.357 e. The number of nitrogens with two attached hydrogens (primary N) is 1. The molecule has 3 atom stereocenters. The van der Waals surface area contributed by atoms with E-state index in [0.29, 0.717) is 36.7 Å². The van der Waals surface area contributed by atoms with Gasteiger partial charge in [-0.25, -0.2) is 9.18 Å². The third-order valence-electron chi connectivity index (χ3n) is 10.3. The molecule has 4 aliphatic rings. The van der Waals surface area contributed by atoms with Crippen molar-refractivity contribution in [1.82, 2.24) is 9.47 Å². The molecule has 2 aliphatic carbocycles. The Hall–Kier alpha value is -2.65. The number of likely N-dealkylation sites (tertiary alicyclic amines) is 1. The molecular formula is C32H44ClFN4O4. The number of ether oxygens (including phenoxy) is 1. The Morgan fingerprint density at radius 3 is 2.48 bits per heavy atom. The quantitative estimate of drug-likeness (QED) is 0.409. The first kappa shape index (κ1) is 30.8. The number of alkyl halides is 1. The van der Waals surface area contributed by atoms with Gasteiger partial charge in [-0.05, 0) is 88.0 Å². The normalized spacial score (nSPS) is 28.2. The van der Waals surface area contributed by atoms with Crippen molar-refractivity contribution in [1.29, 1.82) is 0 Å². The van der Waals surface area contributed by atoms with Crippen LogP contribution >= 0.6 is 12.4 Å². The highest BCUT2D eigenvalue weighted by molar-refractivity contribution is 6.02. The summed E-state index contributed by atoms with van der Waals surface area (Å²) < 4.78 is 20.5. The number of fused-ring (bicyclic) bond motifs is 3. The number of rotatable bonds is 6. The molecule has 3 N–H and O–H groups in total. The number of amides is 2. The molecule has 0 bridgehead atoms. The number of benzene rings is 1. The van der Waals surface area contributed by atoms with Gasteiger partial charge < -0.3 is 20.7 Å². The lowest BCUT2D eigenvalue weighted by Crippen LogP contribution is -2.50. The van der Waals surface area contributed by atoms with Crippen LogP contribution in [0.5, 0.6) is 0 Å². The van der Waals surface area contributed by atoms with E-state index in [9.17, 15) is 18.8 Å². The molecule has 3 fully saturated rings. The molecule has 0 spiro atoms. The first-order valence-corrected chi connectivity index (χ1v) is 15.5. The van der Waals surface area contributed by atoms with Crippen molar-refractivity contribution in [2.45, 2.75) is 95.9 Å². The van der Waals surface area contributed by atoms with Crippen LogP contribution in [0.15, 0.2) is 24.3 Å². The number of cyclic esters (lactones) is 1. The average molecular weight is 603 g/mol. The van der Waals surface area contributed by atoms with Crippen LogP contribution in [-0.4, -0.2) is 52.6 Å². The molecule has 230 valence electrons. The van der Waals surface area contributed by atoms with Crippen LogP contribution in [-0.2, 0) is 20.1 Å². The first-order chi connectivity index (χ1) is 19.7. The number of carbonyl (C=O) groups is 3. The van der Waals surface area contributed by atoms with Crippen LogP contribution in [0.2, 0.25) is 0 Å². The van der Waals surface area contributed by atoms with Crippen molar-refractivity contribution >= 4 is 46.8 Å². The zero-order chi connectivity index (χ0) is 28.9. The summed E-state index contributed by atoms with van der Waals surface area (Å²) in [6.45, 7) is 3.79. The lowest BCUT2D eigenvalue weighted by Gasteiger charge is -2.36. The number of halogens is 2. The Labute approximate surface area is 253 Å². The van der Waals surface area contributed by atoms with Crippen LogP contribution in [0.3, 0.4) is 0 Å². The van der Waals surface area contributed by atoms with Crippen LogP contribution < -0.4 is 11.1 Å². The molecule has 42 heavy (non-hydrogen) atoms. The lowest BCUT2D eigenvalue weighted by atomic mass is 9.76. The maximum atomic E-state index is 14.0. The highest BCUT2D eigenvalue weighted by Gasteiger charge is 2.47. The number of aromatic nitrogens is 1. The second kappa shape index (κ2) is 12.2. The van der Waals surface area contributed by atoms with E-state index in [1.807, 2.05) is 47.6 Å². The van der Waals surface area contributed by atoms with Crippen LogP contribution in [0, 0.1) is 23.7 Å². The molecular weight excluding hydrogens is 559 g/mol. The molecule has 1 saturated heterocycles. The van der Waals surface area contributed by atoms with E-state index in [1.54, 1.807) is 0 Å². The number of nitrogens with zero attached hydrogens (tertiary/aromatic N) is 2. The number of hydrogen-bond acceptors (Lipinski definition) is 5. The van der Waals surface area contributed by atoms with Gasteiger partial charge in [0.2, 0.25) is 11.8 Å². The molecule has 0 radical (unpaired) electrons. The SMILES string of the molecule is CC1(C)OC(=O)c2cc3cc(NC(=O)C4C(C5CCCCC5)CCN4C(=O)C4CCC([C@H](N)CF)CC4)ccc3n21.Cl. The van der Waals surface area contributed by atoms with Gasteiger partial charge in [0.15, 0.2) is 5.72 Å². The monoisotopic (exact) mass is 602 g/mol. The highest BCUT2D eigenvalue weighted by Crippen LogP contribution is 2.42. The van der Waals surface area contributed by atoms with Gasteiger partial charge in [0.25, 0.3) is 0 Å². The van der Waals surface area contributed by atoms with Gasteiger partial charge >= 0.3 is 5.97 Å². The zero-order valence-corrected chi connectivity index (χ0v) is 25.5. The highest BCUT2D eigenvalue weighted by atomic mass is 35.5. The second-order valence-corrected chi connectivity index (χ2v) is 13.2. The molecule has 2 unspecified atom stereocenters. The molecule has 3 heterocycles. The predicted octanol–water partition coefficient (Wildman–Crippen LogP) is 5.77. The Morgan fingerprint density at radius 2 is 1.79 bits per heavy atom. The fourth-order valence-corrected chi connectivity index (χ4v) is 8.17. The molecule has 1 aromatic heterocycles. The summed E-state index contributed by atoms with van der Waals surface area (Å²) >= 11 is 0. The third-order valence-corrected chi connectivity index (χ3v) is 10.3. The molecule has 6 rings (SSSR count). The maximum Gasteiger partial charge on any atom is 0.357 e. The Bertz CT molecular complexity index is 1330. The summed E-state index contributed by atoms with van der Waals surface area (Å²) in [6.07, 6.45) is 9.56. The van der Waals surface area contributed by atoms with Gasteiger partial charge in [-0.15, -0.1) is 12.4 Å². The second-order valence-electron chi connectivity index (χ2n) is 13.2. The van der Waals surface area contributed by atoms with Crippen LogP contribution in [0.1, 0.15) is 88.5 Å². The van der Waals surface area contributed by atoms with Gasteiger partial charge in [0.1, 0.15) is 18.4 Å². The van der Waals surface area contributed by atoms with E-state index in [2.05, 4.69) is 5.32 Å². The summed E-state index contributed by atoms with van der Waals surface area (Å²) in [4.78, 5) is 42.2. The fraction of sp³-hybridized carbons (Fsp3) is 0.656. The number of anilines is 1. The van der Waals surface area contributed by atoms with Gasteiger partial charge in [0, 0.05) is 29.6 Å². The predicted molar refractivity (Wildman–Crippen MR) is 162 cm³/mol. The van der Waals surface area contributed by atoms with Crippen molar-refractivity contribution in [2.24, 2.45) is 29.4 Å². The molecule has 8 nitrogen and oxygen atoms in total. The molecule has 2 saturated carbocycles. The van der Waals surface area contributed by atoms with Crippen LogP contribution in [0.25, 0.3) is 10.9 Å². The Morgan fingerprint density at radius 1 is 1.07 bits per heavy atom. The number of nitrogens with one attached hydrogen (secondary N) is 1. The van der Waals surface area contributed by atoms with E-state index in [0.717, 1.165) is 43.0 Å². The summed E-state index contributed by atoms with van der Waals surface area (Å²) in [6, 6.07) is 6.52. The Balaban J connectivity index is 0.00000353. The van der Waals surface area contributed by atoms with Gasteiger partial charge in [-0.3, -0.25) is 14.2 Å². The van der Waals surface area contributed by atoms with Gasteiger partial charge in [0.05, 0.1) is 5.52 Å². The molecule has 1 aromatic carbocycles. The third kappa shape index (κ3) is 5.54. The van der Waals surface area contributed by atoms with E-state index in [1.165, 1.54) is 19.3 Å². The van der Waals surface area contributed by atoms with Crippen molar-refractivity contribution < 1.29 is 23.5 Å². The molecule has 2 aliphatic heterocycles. The molecule has 2 amide bonds. The first-order valence-electron chi connectivity index (χ1n) is 15.5. The fourth-order valence-electron chi connectivity index (χ4n) is 8.17. The molecule has 10 heteroatoms. The summed E-state index contributed by atoms with van der Waals surface area (Å²) in [5.74, 6) is 0.152. The zero-order valence-electron chi connectivity index (χ0n) is 24.6. The molecule has 2 aromatic rings. The summed E-state index contributed by atoms with van der Waals surface area (Å²) in [7, 11) is 0. The minimum absolute atomic E-state index is 0. The van der Waals surface area contributed by atoms with Crippen molar-refractivity contribution in [3.05, 3.63) is 30.0 Å². The summed E-state index contributed by atoms with van der Waals surface area (Å²) in [5.41, 5.74) is 7.21. The summed E-state index contributed by atoms with van der Waals surface area (Å²) in [5, 5.41) is 4.00. The van der Waals surface area contributed by atoms with E-state index >= 15 is 0 Å². The van der Waals surface area contributed by atoms with E-state index < -0.39 is 24.5 Å². The van der Waals surface area contributed by atoms with Crippen LogP contribution in [0.4, 0.5) is 10.1 Å². The van der Waals surface area contributed by atoms with Gasteiger partial charge in [-0.1, -0.05) is 32.1 Å². The maximum absolute atomic E-state index is 14.0. The van der Waals surface area contributed by atoms with Gasteiger partial charge in [-0.2, -0.15) is 0 Å². The van der Waals surface area contributed by atoms with Crippen molar-refractivity contribution in [3.8, 4) is 0 Å². The van der Waals surface area contributed by atoms with E-state index in [4.69, 9.17) is 10.5 Å². The lowest BCUT2D eigenvalue weighted by molar-refractivity contribution is -0.142. The van der Waals surface area contributed by atoms with E-state index in [-0.39, 0.29) is 47.9 Å². The number of esters is 1. The average Bonchev–Trinajstić information content (AvgIpc) is 3.65. The number of carbonyl (C=O) groups excluding carboxylic acids is 3. The standard InChI is InChI=1S/C32H43FN4O4.ClH/c1-32(2)37-26-13-12-23(16-22(26)17-27(37)31(40)41-32)35-29(38)28-24(19-6-4-3-5-7-19)14-15-36(28)30(39)21-10-8-20(9-11-21)25(34)18-33;/h12-13,16-17,19-21,24-25,28H,3-11,14-15,18,34H2,1-2H3,(H,35,38);1H/t20?,21?,24?,25-,28?;/m1./s1.